The van der Waals surface area contributed by atoms with E-state index in [9.17, 15) is 0 Å². The van der Waals surface area contributed by atoms with Gasteiger partial charge in [0.2, 0.25) is 6.79 Å². The first-order valence-electron chi connectivity index (χ1n) is 6.71. The average Bonchev–Trinajstić information content (AvgIpc) is 2.92. The highest BCUT2D eigenvalue weighted by molar-refractivity contribution is 9.10. The molecule has 0 aliphatic carbocycles. The van der Waals surface area contributed by atoms with E-state index in [1.54, 1.807) is 0 Å². The molecular formula is C16H15Br2NO2. The molecule has 1 atom stereocenters. The Morgan fingerprint density at radius 1 is 1.10 bits per heavy atom. The van der Waals surface area contributed by atoms with Crippen molar-refractivity contribution in [1.82, 2.24) is 5.32 Å². The van der Waals surface area contributed by atoms with Gasteiger partial charge in [-0.2, -0.15) is 0 Å². The summed E-state index contributed by atoms with van der Waals surface area (Å²) in [7, 11) is 0. The maximum absolute atomic E-state index is 5.43. The van der Waals surface area contributed by atoms with Crippen molar-refractivity contribution in [3.63, 3.8) is 0 Å². The SMILES string of the molecule is C[C@H](NCc1cc2c(cc1Br)OCO2)c1ccccc1Br. The standard InChI is InChI=1S/C16H15Br2NO2/c1-10(12-4-2-3-5-13(12)17)19-8-11-6-15-16(7-14(11)18)21-9-20-15/h2-7,10,19H,8-9H2,1H3/t10-/m0/s1. The molecule has 0 spiro atoms. The summed E-state index contributed by atoms with van der Waals surface area (Å²) in [5.74, 6) is 1.60. The summed E-state index contributed by atoms with van der Waals surface area (Å²) in [4.78, 5) is 0. The van der Waals surface area contributed by atoms with E-state index in [2.05, 4.69) is 62.3 Å². The number of nitrogens with one attached hydrogen (secondary N) is 1. The van der Waals surface area contributed by atoms with Crippen LogP contribution in [0, 0.1) is 0 Å². The third-order valence-corrected chi connectivity index (χ3v) is 4.97. The lowest BCUT2D eigenvalue weighted by Gasteiger charge is -2.16. The molecule has 0 aromatic heterocycles. The predicted octanol–water partition coefficient (Wildman–Crippen LogP) is 4.79. The number of ether oxygens (including phenoxy) is 2. The van der Waals surface area contributed by atoms with E-state index in [0.29, 0.717) is 6.79 Å². The van der Waals surface area contributed by atoms with Crippen molar-refractivity contribution in [2.24, 2.45) is 0 Å². The average molecular weight is 413 g/mol. The fraction of sp³-hybridized carbons (Fsp3) is 0.250. The largest absolute Gasteiger partial charge is 0.454 e. The van der Waals surface area contributed by atoms with Crippen molar-refractivity contribution < 1.29 is 9.47 Å². The second kappa shape index (κ2) is 6.38. The number of benzene rings is 2. The Kier molecular flexibility index (Phi) is 4.52. The molecule has 2 aromatic carbocycles. The van der Waals surface area contributed by atoms with E-state index < -0.39 is 0 Å². The van der Waals surface area contributed by atoms with E-state index in [1.165, 1.54) is 5.56 Å². The monoisotopic (exact) mass is 411 g/mol. The molecule has 1 aliphatic rings. The molecule has 1 N–H and O–H groups in total. The lowest BCUT2D eigenvalue weighted by atomic mass is 10.1. The molecule has 3 rings (SSSR count). The van der Waals surface area contributed by atoms with Gasteiger partial charge in [-0.25, -0.2) is 0 Å². The minimum atomic E-state index is 0.248. The summed E-state index contributed by atoms with van der Waals surface area (Å²) in [5.41, 5.74) is 2.40. The van der Waals surface area contributed by atoms with Crippen molar-refractivity contribution in [2.45, 2.75) is 19.5 Å². The third-order valence-electron chi connectivity index (χ3n) is 3.51. The maximum Gasteiger partial charge on any atom is 0.231 e. The quantitative estimate of drug-likeness (QED) is 0.782. The van der Waals surface area contributed by atoms with Gasteiger partial charge in [0.05, 0.1) is 0 Å². The number of halogens is 2. The molecule has 0 radical (unpaired) electrons. The van der Waals surface area contributed by atoms with Crippen LogP contribution < -0.4 is 14.8 Å². The van der Waals surface area contributed by atoms with Crippen LogP contribution in [0.15, 0.2) is 45.3 Å². The maximum atomic E-state index is 5.43. The Morgan fingerprint density at radius 3 is 2.57 bits per heavy atom. The molecule has 0 bridgehead atoms. The van der Waals surface area contributed by atoms with Crippen LogP contribution in [0.3, 0.4) is 0 Å². The Bertz CT molecular complexity index is 661. The lowest BCUT2D eigenvalue weighted by molar-refractivity contribution is 0.174. The molecule has 0 unspecified atom stereocenters. The zero-order valence-corrected chi connectivity index (χ0v) is 14.7. The topological polar surface area (TPSA) is 30.5 Å². The predicted molar refractivity (Wildman–Crippen MR) is 89.7 cm³/mol. The van der Waals surface area contributed by atoms with Crippen LogP contribution in [-0.4, -0.2) is 6.79 Å². The number of hydrogen-bond acceptors (Lipinski definition) is 3. The van der Waals surface area contributed by atoms with Crippen molar-refractivity contribution in [1.29, 1.82) is 0 Å². The van der Waals surface area contributed by atoms with Crippen LogP contribution >= 0.6 is 31.9 Å². The van der Waals surface area contributed by atoms with Crippen molar-refractivity contribution in [3.05, 3.63) is 56.5 Å². The molecule has 1 aliphatic heterocycles. The molecular weight excluding hydrogens is 398 g/mol. The molecule has 21 heavy (non-hydrogen) atoms. The zero-order chi connectivity index (χ0) is 14.8. The molecule has 0 amide bonds. The van der Waals surface area contributed by atoms with Gasteiger partial charge in [0, 0.05) is 21.5 Å². The van der Waals surface area contributed by atoms with Gasteiger partial charge in [0.15, 0.2) is 11.5 Å². The van der Waals surface area contributed by atoms with E-state index in [4.69, 9.17) is 9.47 Å². The van der Waals surface area contributed by atoms with Gasteiger partial charge < -0.3 is 14.8 Å². The molecule has 3 nitrogen and oxygen atoms in total. The molecule has 0 fully saturated rings. The van der Waals surface area contributed by atoms with Crippen LogP contribution in [0.2, 0.25) is 0 Å². The van der Waals surface area contributed by atoms with Gasteiger partial charge in [-0.05, 0) is 36.2 Å². The second-order valence-electron chi connectivity index (χ2n) is 4.92. The fourth-order valence-electron chi connectivity index (χ4n) is 2.29. The van der Waals surface area contributed by atoms with Crippen LogP contribution in [0.1, 0.15) is 24.1 Å². The van der Waals surface area contributed by atoms with E-state index in [-0.39, 0.29) is 6.04 Å². The zero-order valence-electron chi connectivity index (χ0n) is 11.5. The summed E-state index contributed by atoms with van der Waals surface area (Å²) in [5, 5.41) is 3.53. The molecule has 5 heteroatoms. The van der Waals surface area contributed by atoms with Crippen LogP contribution in [0.4, 0.5) is 0 Å². The summed E-state index contributed by atoms with van der Waals surface area (Å²) in [6.07, 6.45) is 0. The minimum absolute atomic E-state index is 0.248. The Balaban J connectivity index is 1.72. The smallest absolute Gasteiger partial charge is 0.231 e. The summed E-state index contributed by atoms with van der Waals surface area (Å²) < 4.78 is 12.9. The van der Waals surface area contributed by atoms with E-state index >= 15 is 0 Å². The van der Waals surface area contributed by atoms with Gasteiger partial charge >= 0.3 is 0 Å². The van der Waals surface area contributed by atoms with Gasteiger partial charge in [-0.1, -0.05) is 50.1 Å². The second-order valence-corrected chi connectivity index (χ2v) is 6.63. The molecule has 0 saturated heterocycles. The van der Waals surface area contributed by atoms with Crippen molar-refractivity contribution in [3.8, 4) is 11.5 Å². The molecule has 2 aromatic rings. The third kappa shape index (κ3) is 3.25. The van der Waals surface area contributed by atoms with E-state index in [1.807, 2.05) is 18.2 Å². The van der Waals surface area contributed by atoms with Crippen LogP contribution in [0.5, 0.6) is 11.5 Å². The highest BCUT2D eigenvalue weighted by Crippen LogP contribution is 2.37. The first-order valence-corrected chi connectivity index (χ1v) is 8.29. The highest BCUT2D eigenvalue weighted by atomic mass is 79.9. The fourth-order valence-corrected chi connectivity index (χ4v) is 3.38. The Morgan fingerprint density at radius 2 is 1.81 bits per heavy atom. The molecule has 110 valence electrons. The highest BCUT2D eigenvalue weighted by Gasteiger charge is 2.17. The van der Waals surface area contributed by atoms with Crippen LogP contribution in [0.25, 0.3) is 0 Å². The number of hydrogen-bond donors (Lipinski definition) is 1. The lowest BCUT2D eigenvalue weighted by Crippen LogP contribution is -2.18. The number of fused-ring (bicyclic) bond motifs is 1. The molecule has 0 saturated carbocycles. The Labute approximate surface area is 140 Å². The Hall–Kier alpha value is -1.04. The first kappa shape index (κ1) is 14.9. The van der Waals surface area contributed by atoms with Gasteiger partial charge in [-0.15, -0.1) is 0 Å². The first-order chi connectivity index (χ1) is 10.1. The summed E-state index contributed by atoms with van der Waals surface area (Å²) in [6, 6.07) is 12.5. The van der Waals surface area contributed by atoms with Crippen molar-refractivity contribution >= 4 is 31.9 Å². The molecule has 1 heterocycles. The number of rotatable bonds is 4. The normalized spacial score (nSPS) is 14.2. The summed E-state index contributed by atoms with van der Waals surface area (Å²) >= 11 is 7.18. The minimum Gasteiger partial charge on any atom is -0.454 e. The van der Waals surface area contributed by atoms with Gasteiger partial charge in [0.25, 0.3) is 0 Å². The van der Waals surface area contributed by atoms with E-state index in [0.717, 1.165) is 32.6 Å². The van der Waals surface area contributed by atoms with Gasteiger partial charge in [0.1, 0.15) is 0 Å². The van der Waals surface area contributed by atoms with Crippen molar-refractivity contribution in [2.75, 3.05) is 6.79 Å². The van der Waals surface area contributed by atoms with Crippen LogP contribution in [-0.2, 0) is 6.54 Å². The summed E-state index contributed by atoms with van der Waals surface area (Å²) in [6.45, 7) is 3.20. The van der Waals surface area contributed by atoms with Gasteiger partial charge in [-0.3, -0.25) is 0 Å².